The van der Waals surface area contributed by atoms with Crippen LogP contribution in [0.15, 0.2) is 27.2 Å². The summed E-state index contributed by atoms with van der Waals surface area (Å²) in [6.45, 7) is 1.91. The molecular weight excluding hydrogens is 358 g/mol. The van der Waals surface area contributed by atoms with Crippen molar-refractivity contribution in [2.24, 2.45) is 5.92 Å². The Balaban J connectivity index is 2.84. The van der Waals surface area contributed by atoms with E-state index in [4.69, 9.17) is 9.47 Å². The summed E-state index contributed by atoms with van der Waals surface area (Å²) in [6.07, 6.45) is 4.83. The number of methoxy groups -OCH3 is 3. The van der Waals surface area contributed by atoms with Gasteiger partial charge >= 0.3 is 5.97 Å². The summed E-state index contributed by atoms with van der Waals surface area (Å²) in [5.41, 5.74) is 0.844. The zero-order chi connectivity index (χ0) is 15.8. The lowest BCUT2D eigenvalue weighted by Crippen LogP contribution is -2.21. The average Bonchev–Trinajstić information content (AvgIpc) is 2.90. The van der Waals surface area contributed by atoms with E-state index in [0.29, 0.717) is 5.76 Å². The molecule has 116 valence electrons. The number of thiazole rings is 1. The maximum absolute atomic E-state index is 11.3. The third kappa shape index (κ3) is 5.61. The summed E-state index contributed by atoms with van der Waals surface area (Å²) >= 11 is 4.83. The largest absolute Gasteiger partial charge is 0.500 e. The number of nitrogens with zero attached hydrogens (tertiary/aromatic N) is 1. The molecule has 21 heavy (non-hydrogen) atoms. The van der Waals surface area contributed by atoms with E-state index in [9.17, 15) is 4.79 Å². The topological polar surface area (TPSA) is 57.7 Å². The first kappa shape index (κ1) is 17.9. The van der Waals surface area contributed by atoms with E-state index in [-0.39, 0.29) is 12.0 Å². The van der Waals surface area contributed by atoms with Gasteiger partial charge in [-0.25, -0.2) is 9.78 Å². The Morgan fingerprint density at radius 3 is 2.57 bits per heavy atom. The molecule has 1 rings (SSSR count). The normalized spacial score (nSPS) is 15.0. The van der Waals surface area contributed by atoms with E-state index < -0.39 is 5.97 Å². The van der Waals surface area contributed by atoms with Crippen molar-refractivity contribution < 1.29 is 19.0 Å². The van der Waals surface area contributed by atoms with Gasteiger partial charge in [-0.1, -0.05) is 13.0 Å². The molecule has 7 heteroatoms. The molecule has 0 bridgehead atoms. The molecule has 0 N–H and O–H groups in total. The number of aromatic nitrogens is 1. The second-order valence-electron chi connectivity index (χ2n) is 4.15. The molecule has 1 aromatic heterocycles. The minimum Gasteiger partial charge on any atom is -0.500 e. The summed E-state index contributed by atoms with van der Waals surface area (Å²) < 4.78 is 16.1. The number of rotatable bonds is 7. The fraction of sp³-hybridized carbons (Fsp3) is 0.429. The number of esters is 1. The molecular formula is C14H18BrNO4S. The predicted octanol–water partition coefficient (Wildman–Crippen LogP) is 3.27. The first-order valence-electron chi connectivity index (χ1n) is 6.17. The monoisotopic (exact) mass is 375 g/mol. The highest BCUT2D eigenvalue weighted by Crippen LogP contribution is 2.21. The van der Waals surface area contributed by atoms with Gasteiger partial charge in [0.2, 0.25) is 0 Å². The number of carbonyl (C=O) groups is 1. The quantitative estimate of drug-likeness (QED) is 0.415. The summed E-state index contributed by atoms with van der Waals surface area (Å²) in [5, 5.41) is 1.93. The lowest BCUT2D eigenvalue weighted by atomic mass is 10.0. The minimum absolute atomic E-state index is 0.141. The number of hydrogen-bond acceptors (Lipinski definition) is 6. The molecule has 1 aromatic rings. The molecule has 0 aliphatic carbocycles. The molecule has 2 atom stereocenters. The standard InChI is InChI=1S/C14H18BrNO4S/c1-9(12(19-3)7-13(17)20-4)11(18-2)6-5-10-8-21-14(15)16-10/h5-9,11H,1-4H3/b6-5+,12-7+/t9-,11+/m1/s1. The van der Waals surface area contributed by atoms with Gasteiger partial charge in [-0.05, 0) is 22.0 Å². The zero-order valence-electron chi connectivity index (χ0n) is 12.3. The van der Waals surface area contributed by atoms with E-state index in [1.54, 1.807) is 7.11 Å². The minimum atomic E-state index is -0.457. The molecule has 0 radical (unpaired) electrons. The Bertz CT molecular complexity index is 527. The molecule has 0 amide bonds. The van der Waals surface area contributed by atoms with Crippen molar-refractivity contribution in [3.63, 3.8) is 0 Å². The molecule has 0 aliphatic rings. The highest BCUT2D eigenvalue weighted by Gasteiger charge is 2.20. The number of carbonyl (C=O) groups excluding carboxylic acids is 1. The number of halogens is 1. The third-order valence-electron chi connectivity index (χ3n) is 2.86. The van der Waals surface area contributed by atoms with Crippen molar-refractivity contribution in [2.75, 3.05) is 21.3 Å². The van der Waals surface area contributed by atoms with Crippen molar-refractivity contribution in [3.05, 3.63) is 32.9 Å². The van der Waals surface area contributed by atoms with Gasteiger partial charge in [0.1, 0.15) is 5.76 Å². The van der Waals surface area contributed by atoms with Gasteiger partial charge in [-0.3, -0.25) is 0 Å². The summed E-state index contributed by atoms with van der Waals surface area (Å²) in [4.78, 5) is 15.6. The molecule has 0 saturated carbocycles. The van der Waals surface area contributed by atoms with Crippen LogP contribution in [0.5, 0.6) is 0 Å². The molecule has 0 unspecified atom stereocenters. The molecule has 1 heterocycles. The maximum atomic E-state index is 11.3. The van der Waals surface area contributed by atoms with Crippen molar-refractivity contribution in [2.45, 2.75) is 13.0 Å². The van der Waals surface area contributed by atoms with Crippen molar-refractivity contribution in [1.82, 2.24) is 4.98 Å². The highest BCUT2D eigenvalue weighted by molar-refractivity contribution is 9.11. The number of ether oxygens (including phenoxy) is 3. The molecule has 0 spiro atoms. The van der Waals surface area contributed by atoms with Crippen LogP contribution in [0, 0.1) is 5.92 Å². The summed E-state index contributed by atoms with van der Waals surface area (Å²) in [6, 6.07) is 0. The van der Waals surface area contributed by atoms with Gasteiger partial charge in [-0.2, -0.15) is 0 Å². The molecule has 0 aliphatic heterocycles. The smallest absolute Gasteiger partial charge is 0.333 e. The second-order valence-corrected chi connectivity index (χ2v) is 6.28. The van der Waals surface area contributed by atoms with Gasteiger partial charge in [0, 0.05) is 18.4 Å². The van der Waals surface area contributed by atoms with Crippen molar-refractivity contribution in [1.29, 1.82) is 0 Å². The van der Waals surface area contributed by atoms with E-state index in [1.165, 1.54) is 31.6 Å². The van der Waals surface area contributed by atoms with E-state index >= 15 is 0 Å². The lowest BCUT2D eigenvalue weighted by Gasteiger charge is -2.21. The van der Waals surface area contributed by atoms with Crippen molar-refractivity contribution >= 4 is 39.3 Å². The molecule has 0 fully saturated rings. The van der Waals surface area contributed by atoms with Crippen LogP contribution in [0.25, 0.3) is 6.08 Å². The maximum Gasteiger partial charge on any atom is 0.333 e. The molecule has 5 nitrogen and oxygen atoms in total. The fourth-order valence-corrected chi connectivity index (χ4v) is 2.69. The van der Waals surface area contributed by atoms with Gasteiger partial charge in [0.25, 0.3) is 0 Å². The van der Waals surface area contributed by atoms with Gasteiger partial charge < -0.3 is 14.2 Å². The first-order valence-corrected chi connectivity index (χ1v) is 7.84. The van der Waals surface area contributed by atoms with Crippen LogP contribution in [0.1, 0.15) is 12.6 Å². The Morgan fingerprint density at radius 2 is 2.10 bits per heavy atom. The second kappa shape index (κ2) is 8.96. The Kier molecular flexibility index (Phi) is 7.63. The molecule has 0 saturated heterocycles. The summed E-state index contributed by atoms with van der Waals surface area (Å²) in [7, 11) is 4.44. The van der Waals surface area contributed by atoms with Crippen molar-refractivity contribution in [3.8, 4) is 0 Å². The van der Waals surface area contributed by atoms with E-state index in [1.807, 2.05) is 24.5 Å². The van der Waals surface area contributed by atoms with Crippen LogP contribution in [-0.2, 0) is 19.0 Å². The van der Waals surface area contributed by atoms with Crippen LogP contribution in [-0.4, -0.2) is 38.4 Å². The lowest BCUT2D eigenvalue weighted by molar-refractivity contribution is -0.135. The van der Waals surface area contributed by atoms with E-state index in [2.05, 4.69) is 25.7 Å². The predicted molar refractivity (Wildman–Crippen MR) is 85.9 cm³/mol. The van der Waals surface area contributed by atoms with Crippen LogP contribution in [0.3, 0.4) is 0 Å². The highest BCUT2D eigenvalue weighted by atomic mass is 79.9. The van der Waals surface area contributed by atoms with Crippen LogP contribution in [0.2, 0.25) is 0 Å². The Hall–Kier alpha value is -1.18. The molecule has 0 aromatic carbocycles. The fourth-order valence-electron chi connectivity index (χ4n) is 1.70. The van der Waals surface area contributed by atoms with Gasteiger partial charge in [-0.15, -0.1) is 11.3 Å². The first-order chi connectivity index (χ1) is 10.0. The Labute approximate surface area is 136 Å². The average molecular weight is 376 g/mol. The van der Waals surface area contributed by atoms with Gasteiger partial charge in [0.15, 0.2) is 3.92 Å². The summed E-state index contributed by atoms with van der Waals surface area (Å²) in [5.74, 6) is -0.101. The Morgan fingerprint density at radius 1 is 1.38 bits per heavy atom. The van der Waals surface area contributed by atoms with Crippen LogP contribution < -0.4 is 0 Å². The zero-order valence-corrected chi connectivity index (χ0v) is 14.7. The van der Waals surface area contributed by atoms with Gasteiger partial charge in [0.05, 0.1) is 32.1 Å². The third-order valence-corrected chi connectivity index (χ3v) is 4.24. The number of hydrogen-bond donors (Lipinski definition) is 0. The van der Waals surface area contributed by atoms with Crippen LogP contribution >= 0.6 is 27.3 Å². The SMILES string of the molecule is COC(=O)/C=C(/OC)[C@H](C)[C@H](/C=C/c1csc(Br)n1)OC. The van der Waals surface area contributed by atoms with E-state index in [0.717, 1.165) is 9.61 Å². The van der Waals surface area contributed by atoms with Crippen LogP contribution in [0.4, 0.5) is 0 Å².